The molecule has 2 aromatic heterocycles. The van der Waals surface area contributed by atoms with E-state index in [4.69, 9.17) is 58.7 Å². The van der Waals surface area contributed by atoms with Crippen molar-refractivity contribution in [2.24, 2.45) is 5.73 Å². The number of hydrogen-bond acceptors (Lipinski definition) is 3. The second-order valence-electron chi connectivity index (χ2n) is 10.3. The summed E-state index contributed by atoms with van der Waals surface area (Å²) in [4.78, 5) is 25.1. The average molecular weight is 696 g/mol. The van der Waals surface area contributed by atoms with Gasteiger partial charge in [-0.15, -0.1) is 0 Å². The minimum absolute atomic E-state index is 0.387. The van der Waals surface area contributed by atoms with E-state index in [0.717, 1.165) is 22.5 Å². The first kappa shape index (κ1) is 33.7. The first-order valence-electron chi connectivity index (χ1n) is 14.4. The Hall–Kier alpha value is -4.70. The summed E-state index contributed by atoms with van der Waals surface area (Å²) in [6, 6.07) is 40.4. The molecule has 5 nitrogen and oxygen atoms in total. The van der Waals surface area contributed by atoms with Crippen LogP contribution in [0.15, 0.2) is 133 Å². The van der Waals surface area contributed by atoms with Gasteiger partial charge in [-0.25, -0.2) is 11.6 Å². The number of amides is 1. The van der Waals surface area contributed by atoms with Crippen molar-refractivity contribution < 1.29 is 4.79 Å². The van der Waals surface area contributed by atoms with Gasteiger partial charge in [-0.1, -0.05) is 131 Å². The van der Waals surface area contributed by atoms with Crippen molar-refractivity contribution in [3.8, 4) is 22.5 Å². The summed E-state index contributed by atoms with van der Waals surface area (Å²) in [6.07, 6.45) is 0. The van der Waals surface area contributed by atoms with E-state index < -0.39 is 17.9 Å². The molecular formula is C38H26Cl4N4O. The fourth-order valence-corrected chi connectivity index (χ4v) is 6.25. The first-order chi connectivity index (χ1) is 22.8. The Bertz CT molecular complexity index is 2010. The van der Waals surface area contributed by atoms with Gasteiger partial charge in [-0.05, 0) is 48.5 Å². The number of rotatable bonds is 7. The van der Waals surface area contributed by atoms with Crippen LogP contribution in [0.3, 0.4) is 0 Å². The van der Waals surface area contributed by atoms with Gasteiger partial charge in [-0.2, -0.15) is 0 Å². The largest absolute Gasteiger partial charge is 0.369 e. The Kier molecular flexibility index (Phi) is 11.3. The molecule has 6 aromatic rings. The van der Waals surface area contributed by atoms with Crippen molar-refractivity contribution >= 4 is 52.3 Å². The lowest BCUT2D eigenvalue weighted by Gasteiger charge is -2.17. The molecule has 0 aliphatic heterocycles. The highest BCUT2D eigenvalue weighted by molar-refractivity contribution is 6.37. The van der Waals surface area contributed by atoms with E-state index in [1.807, 2.05) is 91.0 Å². The summed E-state index contributed by atoms with van der Waals surface area (Å²) in [7, 11) is 0. The van der Waals surface area contributed by atoms with Gasteiger partial charge in [0.1, 0.15) is 11.6 Å². The normalized spacial score (nSPS) is 11.8. The number of hydrogen-bond donors (Lipinski definition) is 1. The van der Waals surface area contributed by atoms with Gasteiger partial charge in [0.15, 0.2) is 0 Å². The van der Waals surface area contributed by atoms with Crippen LogP contribution in [-0.4, -0.2) is 15.9 Å². The van der Waals surface area contributed by atoms with E-state index in [1.165, 1.54) is 0 Å². The molecule has 4 aromatic carbocycles. The fraction of sp³-hybridized carbons (Fsp3) is 0.0526. The molecule has 6 rings (SSSR count). The summed E-state index contributed by atoms with van der Waals surface area (Å²) in [5.74, 6) is -1.36. The lowest BCUT2D eigenvalue weighted by molar-refractivity contribution is -0.118. The molecule has 9 heteroatoms. The maximum atomic E-state index is 12.1. The molecule has 1 amide bonds. The third-order valence-electron chi connectivity index (χ3n) is 7.23. The van der Waals surface area contributed by atoms with E-state index in [9.17, 15) is 4.79 Å². The topological polar surface area (TPSA) is 73.2 Å². The number of benzene rings is 4. The van der Waals surface area contributed by atoms with Gasteiger partial charge in [-0.3, -0.25) is 9.78 Å². The van der Waals surface area contributed by atoms with Crippen molar-refractivity contribution in [1.82, 2.24) is 9.97 Å². The molecule has 0 fully saturated rings. The summed E-state index contributed by atoms with van der Waals surface area (Å²) < 4.78 is 0. The molecule has 2 heterocycles. The molecule has 0 aliphatic rings. The van der Waals surface area contributed by atoms with Crippen LogP contribution in [0.5, 0.6) is 0 Å². The second-order valence-corrected chi connectivity index (χ2v) is 11.9. The minimum Gasteiger partial charge on any atom is -0.369 e. The zero-order valence-electron chi connectivity index (χ0n) is 24.7. The Morgan fingerprint density at radius 1 is 0.553 bits per heavy atom. The van der Waals surface area contributed by atoms with Crippen molar-refractivity contribution in [3.05, 3.63) is 187 Å². The Morgan fingerprint density at radius 3 is 1.40 bits per heavy atom. The number of carbonyl (C=O) groups is 1. The highest BCUT2D eigenvalue weighted by atomic mass is 35.5. The molecule has 0 saturated heterocycles. The number of nitrogens with two attached hydrogens (primary N) is 1. The van der Waals surface area contributed by atoms with Crippen LogP contribution in [0, 0.1) is 6.57 Å². The number of primary amides is 1. The van der Waals surface area contributed by atoms with Crippen LogP contribution < -0.4 is 5.73 Å². The predicted octanol–water partition coefficient (Wildman–Crippen LogP) is 10.7. The molecule has 0 aliphatic carbocycles. The van der Waals surface area contributed by atoms with E-state index in [-0.39, 0.29) is 0 Å². The number of pyridine rings is 2. The maximum absolute atomic E-state index is 12.1. The Labute approximate surface area is 293 Å². The molecule has 2 N–H and O–H groups in total. The van der Waals surface area contributed by atoms with E-state index in [1.54, 1.807) is 42.5 Å². The van der Waals surface area contributed by atoms with Gasteiger partial charge in [0.25, 0.3) is 6.04 Å². The zero-order valence-corrected chi connectivity index (χ0v) is 27.7. The maximum Gasteiger partial charge on any atom is 0.293 e. The lowest BCUT2D eigenvalue weighted by Crippen LogP contribution is -2.24. The molecule has 2 unspecified atom stereocenters. The number of nitrogens with zero attached hydrogens (tertiary/aromatic N) is 3. The van der Waals surface area contributed by atoms with Crippen LogP contribution in [-0.2, 0) is 4.79 Å². The summed E-state index contributed by atoms with van der Waals surface area (Å²) in [5, 5.41) is 1.73. The van der Waals surface area contributed by atoms with E-state index >= 15 is 0 Å². The molecule has 2 atom stereocenters. The second kappa shape index (κ2) is 15.7. The van der Waals surface area contributed by atoms with Crippen LogP contribution in [0.2, 0.25) is 20.1 Å². The Morgan fingerprint density at radius 2 is 0.957 bits per heavy atom. The molecule has 47 heavy (non-hydrogen) atoms. The highest BCUT2D eigenvalue weighted by Gasteiger charge is 2.28. The molecule has 0 spiro atoms. The van der Waals surface area contributed by atoms with Gasteiger partial charge in [0.05, 0.1) is 32.7 Å². The predicted molar refractivity (Wildman–Crippen MR) is 192 cm³/mol. The molecular weight excluding hydrogens is 670 g/mol. The van der Waals surface area contributed by atoms with Crippen LogP contribution in [0.4, 0.5) is 0 Å². The monoisotopic (exact) mass is 694 g/mol. The highest BCUT2D eigenvalue weighted by Crippen LogP contribution is 2.37. The number of halogens is 4. The third-order valence-corrected chi connectivity index (χ3v) is 8.55. The van der Waals surface area contributed by atoms with Gasteiger partial charge in [0.2, 0.25) is 5.91 Å². The van der Waals surface area contributed by atoms with Gasteiger partial charge < -0.3 is 10.6 Å². The van der Waals surface area contributed by atoms with Crippen LogP contribution in [0.25, 0.3) is 27.4 Å². The lowest BCUT2D eigenvalue weighted by atomic mass is 9.94. The smallest absolute Gasteiger partial charge is 0.293 e. The molecule has 232 valence electrons. The van der Waals surface area contributed by atoms with Crippen molar-refractivity contribution in [2.45, 2.75) is 12.0 Å². The Balaban J connectivity index is 0.000000185. The summed E-state index contributed by atoms with van der Waals surface area (Å²) in [5.41, 5.74) is 11.4. The summed E-state index contributed by atoms with van der Waals surface area (Å²) >= 11 is 25.0. The van der Waals surface area contributed by atoms with Crippen LogP contribution >= 0.6 is 46.4 Å². The quantitative estimate of drug-likeness (QED) is 0.169. The van der Waals surface area contributed by atoms with Crippen molar-refractivity contribution in [1.29, 1.82) is 0 Å². The third kappa shape index (κ3) is 8.00. The molecule has 0 radical (unpaired) electrons. The van der Waals surface area contributed by atoms with Crippen molar-refractivity contribution in [2.75, 3.05) is 0 Å². The molecule has 0 bridgehead atoms. The van der Waals surface area contributed by atoms with Crippen LogP contribution in [0.1, 0.15) is 34.5 Å². The van der Waals surface area contributed by atoms with Gasteiger partial charge >= 0.3 is 0 Å². The molecule has 0 saturated carbocycles. The average Bonchev–Trinajstić information content (AvgIpc) is 3.09. The number of aromatic nitrogens is 2. The zero-order chi connectivity index (χ0) is 33.3. The SMILES string of the molecule is NC(=O)C(c1cccc(-c2ccccc2)n1)c1c(Cl)cccc1Cl.[C-]#[N+]C(c1cccc(-c2ccccc2)n1)c1c(Cl)cccc1Cl. The minimum atomic E-state index is -0.810. The standard InChI is InChI=1S/C19H14Cl2N2O.C19H12Cl2N2/c20-13-8-4-9-14(21)17(13)18(19(22)24)16-11-5-10-15(23-16)12-6-2-1-3-7-12;1-22-19(18-14(20)9-5-10-15(18)21)17-12-6-11-16(23-17)13-7-3-2-4-8-13/h1-11,18H,(H2,22,24);2-12,19H. The summed E-state index contributed by atoms with van der Waals surface area (Å²) in [6.45, 7) is 7.57. The number of carbonyl (C=O) groups excluding carboxylic acids is 1. The van der Waals surface area contributed by atoms with Gasteiger partial charge in [0, 0.05) is 26.7 Å². The van der Waals surface area contributed by atoms with E-state index in [0.29, 0.717) is 42.6 Å². The fourth-order valence-electron chi connectivity index (χ4n) is 5.03. The first-order valence-corrected chi connectivity index (χ1v) is 15.9. The van der Waals surface area contributed by atoms with Crippen molar-refractivity contribution in [3.63, 3.8) is 0 Å². The van der Waals surface area contributed by atoms with E-state index in [2.05, 4.69) is 14.8 Å².